The fourth-order valence-electron chi connectivity index (χ4n) is 0.985. The number of anilines is 1. The summed E-state index contributed by atoms with van der Waals surface area (Å²) in [6, 6.07) is 0. The maximum Gasteiger partial charge on any atom is 0.274 e. The Balaban J connectivity index is 2.60. The molecule has 0 aliphatic carbocycles. The van der Waals surface area contributed by atoms with Crippen molar-refractivity contribution in [2.75, 3.05) is 12.3 Å². The van der Waals surface area contributed by atoms with E-state index in [1.165, 1.54) is 0 Å². The fourth-order valence-corrected chi connectivity index (χ4v) is 0.985. The minimum Gasteiger partial charge on any atom is -0.395 e. The van der Waals surface area contributed by atoms with Crippen LogP contribution in [0.1, 0.15) is 16.2 Å². The number of amides is 2. The highest BCUT2D eigenvalue weighted by Crippen LogP contribution is 2.11. The number of nitrogens with one attached hydrogen (secondary N) is 2. The third-order valence-electron chi connectivity index (χ3n) is 1.99. The highest BCUT2D eigenvalue weighted by Gasteiger charge is 2.17. The molecule has 1 heterocycles. The normalized spacial score (nSPS) is 12.1. The first-order chi connectivity index (χ1) is 7.43. The van der Waals surface area contributed by atoms with Gasteiger partial charge in [-0.2, -0.15) is 5.10 Å². The molecule has 0 bridgehead atoms. The van der Waals surface area contributed by atoms with E-state index in [0.29, 0.717) is 5.69 Å². The average molecular weight is 227 g/mol. The van der Waals surface area contributed by atoms with Gasteiger partial charge < -0.3 is 21.9 Å². The maximum absolute atomic E-state index is 11.5. The molecular weight excluding hydrogens is 214 g/mol. The molecule has 7 N–H and O–H groups in total. The number of hydrogen-bond donors (Lipinski definition) is 5. The molecule has 1 atom stereocenters. The number of nitrogens with zero attached hydrogens (tertiary/aromatic N) is 1. The molecule has 1 aromatic rings. The van der Waals surface area contributed by atoms with E-state index in [1.807, 2.05) is 0 Å². The van der Waals surface area contributed by atoms with Crippen LogP contribution in [0.2, 0.25) is 0 Å². The Morgan fingerprint density at radius 1 is 1.62 bits per heavy atom. The van der Waals surface area contributed by atoms with E-state index in [-0.39, 0.29) is 17.9 Å². The van der Waals surface area contributed by atoms with Crippen LogP contribution in [-0.4, -0.2) is 39.8 Å². The number of aliphatic hydroxyl groups excluding tert-OH is 1. The third kappa shape index (κ3) is 2.48. The molecule has 0 aromatic carbocycles. The van der Waals surface area contributed by atoms with E-state index in [4.69, 9.17) is 16.6 Å². The minimum atomic E-state index is -1.43. The molecule has 2 amide bonds. The van der Waals surface area contributed by atoms with Gasteiger partial charge in [0, 0.05) is 0 Å². The molecule has 1 unspecified atom stereocenters. The second-order valence-corrected chi connectivity index (χ2v) is 3.24. The van der Waals surface area contributed by atoms with Crippen LogP contribution in [0.25, 0.3) is 0 Å². The zero-order chi connectivity index (χ0) is 12.3. The number of nitrogen functional groups attached to an aromatic ring is 1. The molecule has 16 heavy (non-hydrogen) atoms. The summed E-state index contributed by atoms with van der Waals surface area (Å²) in [4.78, 5) is 22.0. The largest absolute Gasteiger partial charge is 0.395 e. The summed E-state index contributed by atoms with van der Waals surface area (Å²) in [5.41, 5.74) is 11.2. The van der Waals surface area contributed by atoms with Crippen molar-refractivity contribution in [2.24, 2.45) is 5.73 Å². The Morgan fingerprint density at radius 3 is 2.69 bits per heavy atom. The second-order valence-electron chi connectivity index (χ2n) is 3.24. The number of hydrogen-bond acceptors (Lipinski definition) is 5. The van der Waals surface area contributed by atoms with Crippen LogP contribution < -0.4 is 16.8 Å². The van der Waals surface area contributed by atoms with Crippen molar-refractivity contribution in [2.45, 2.75) is 13.0 Å². The van der Waals surface area contributed by atoms with Gasteiger partial charge in [0.15, 0.2) is 5.69 Å². The standard InChI is InChI=1S/C8H13N5O3/c1-3-5(9)6(13-12-3)8(16)11-2-4(14)7(10)15/h4,14H,2,9H2,1H3,(H2,10,15)(H,11,16)(H,12,13). The zero-order valence-corrected chi connectivity index (χ0v) is 8.65. The molecular formula is C8H13N5O3. The Morgan fingerprint density at radius 2 is 2.25 bits per heavy atom. The Hall–Kier alpha value is -2.09. The predicted molar refractivity (Wildman–Crippen MR) is 55.3 cm³/mol. The number of aliphatic hydroxyl groups is 1. The van der Waals surface area contributed by atoms with Gasteiger partial charge in [0.05, 0.1) is 17.9 Å². The predicted octanol–water partition coefficient (Wildman–Crippen LogP) is -2.12. The molecule has 8 nitrogen and oxygen atoms in total. The topological polar surface area (TPSA) is 147 Å². The van der Waals surface area contributed by atoms with Crippen LogP contribution in [0.4, 0.5) is 5.69 Å². The van der Waals surface area contributed by atoms with Crippen LogP contribution in [0.15, 0.2) is 0 Å². The van der Waals surface area contributed by atoms with E-state index < -0.39 is 17.9 Å². The summed E-state index contributed by atoms with van der Waals surface area (Å²) in [5.74, 6) is -1.49. The molecule has 0 radical (unpaired) electrons. The number of rotatable bonds is 4. The van der Waals surface area contributed by atoms with Crippen molar-refractivity contribution in [3.8, 4) is 0 Å². The summed E-state index contributed by atoms with van der Waals surface area (Å²) >= 11 is 0. The summed E-state index contributed by atoms with van der Waals surface area (Å²) in [7, 11) is 0. The Kier molecular flexibility index (Phi) is 3.46. The van der Waals surface area contributed by atoms with Crippen molar-refractivity contribution in [1.82, 2.24) is 15.5 Å². The Bertz CT molecular complexity index is 414. The molecule has 1 aromatic heterocycles. The molecule has 0 saturated heterocycles. The zero-order valence-electron chi connectivity index (χ0n) is 8.65. The van der Waals surface area contributed by atoms with Gasteiger partial charge >= 0.3 is 0 Å². The number of carbonyl (C=O) groups excluding carboxylic acids is 2. The highest BCUT2D eigenvalue weighted by atomic mass is 16.3. The lowest BCUT2D eigenvalue weighted by Gasteiger charge is -2.07. The number of aromatic nitrogens is 2. The monoisotopic (exact) mass is 227 g/mol. The van der Waals surface area contributed by atoms with E-state index in [1.54, 1.807) is 6.92 Å². The quantitative estimate of drug-likeness (QED) is 0.399. The van der Waals surface area contributed by atoms with E-state index in [2.05, 4.69) is 15.5 Å². The van der Waals surface area contributed by atoms with Gasteiger partial charge in [-0.25, -0.2) is 0 Å². The van der Waals surface area contributed by atoms with Gasteiger partial charge in [-0.15, -0.1) is 0 Å². The summed E-state index contributed by atoms with van der Waals surface area (Å²) in [5, 5.41) is 17.5. The van der Waals surface area contributed by atoms with Gasteiger partial charge in [0.2, 0.25) is 5.91 Å². The first kappa shape index (κ1) is 12.0. The first-order valence-corrected chi connectivity index (χ1v) is 4.49. The first-order valence-electron chi connectivity index (χ1n) is 4.49. The van der Waals surface area contributed by atoms with Crippen LogP contribution >= 0.6 is 0 Å². The van der Waals surface area contributed by atoms with Crippen molar-refractivity contribution in [3.63, 3.8) is 0 Å². The third-order valence-corrected chi connectivity index (χ3v) is 1.99. The smallest absolute Gasteiger partial charge is 0.274 e. The van der Waals surface area contributed by atoms with Crippen molar-refractivity contribution in [1.29, 1.82) is 0 Å². The molecule has 88 valence electrons. The highest BCUT2D eigenvalue weighted by molar-refractivity contribution is 5.97. The van der Waals surface area contributed by atoms with Crippen molar-refractivity contribution >= 4 is 17.5 Å². The lowest BCUT2D eigenvalue weighted by molar-refractivity contribution is -0.125. The van der Waals surface area contributed by atoms with Crippen LogP contribution in [0.5, 0.6) is 0 Å². The van der Waals surface area contributed by atoms with Gasteiger partial charge in [-0.1, -0.05) is 0 Å². The lowest BCUT2D eigenvalue weighted by atomic mass is 10.3. The van der Waals surface area contributed by atoms with Gasteiger partial charge in [-0.3, -0.25) is 14.7 Å². The van der Waals surface area contributed by atoms with Crippen molar-refractivity contribution < 1.29 is 14.7 Å². The number of carbonyl (C=O) groups is 2. The second kappa shape index (κ2) is 4.62. The maximum atomic E-state index is 11.5. The number of nitrogens with two attached hydrogens (primary N) is 2. The van der Waals surface area contributed by atoms with Crippen LogP contribution in [-0.2, 0) is 4.79 Å². The number of aryl methyl sites for hydroxylation is 1. The molecule has 1 rings (SSSR count). The Labute approximate surface area is 91.0 Å². The molecule has 0 aliphatic heterocycles. The van der Waals surface area contributed by atoms with Gasteiger partial charge in [0.1, 0.15) is 6.10 Å². The number of aromatic amines is 1. The number of primary amides is 1. The number of H-pyrrole nitrogens is 1. The lowest BCUT2D eigenvalue weighted by Crippen LogP contribution is -2.40. The van der Waals surface area contributed by atoms with Crippen LogP contribution in [0, 0.1) is 6.92 Å². The molecule has 0 aliphatic rings. The van der Waals surface area contributed by atoms with E-state index >= 15 is 0 Å². The summed E-state index contributed by atoms with van der Waals surface area (Å²) in [6.07, 6.45) is -1.43. The molecule has 0 fully saturated rings. The van der Waals surface area contributed by atoms with Gasteiger partial charge in [0.25, 0.3) is 5.91 Å². The SMILES string of the molecule is Cc1[nH]nc(C(=O)NCC(O)C(N)=O)c1N. The summed E-state index contributed by atoms with van der Waals surface area (Å²) in [6.45, 7) is 1.39. The fraction of sp³-hybridized carbons (Fsp3) is 0.375. The average Bonchev–Trinajstić information content (AvgIpc) is 2.55. The molecule has 0 saturated carbocycles. The van der Waals surface area contributed by atoms with Crippen LogP contribution in [0.3, 0.4) is 0 Å². The van der Waals surface area contributed by atoms with Gasteiger partial charge in [-0.05, 0) is 6.92 Å². The molecule has 0 spiro atoms. The minimum absolute atomic E-state index is 0.0224. The van der Waals surface area contributed by atoms with Crippen molar-refractivity contribution in [3.05, 3.63) is 11.4 Å². The summed E-state index contributed by atoms with van der Waals surface area (Å²) < 4.78 is 0. The van der Waals surface area contributed by atoms with E-state index in [0.717, 1.165) is 0 Å². The van der Waals surface area contributed by atoms with E-state index in [9.17, 15) is 9.59 Å². The molecule has 8 heteroatoms.